The highest BCUT2D eigenvalue weighted by molar-refractivity contribution is 9.10. The Morgan fingerprint density at radius 1 is 1.55 bits per heavy atom. The van der Waals surface area contributed by atoms with Gasteiger partial charge in [-0.2, -0.15) is 5.26 Å². The molecule has 0 saturated heterocycles. The van der Waals surface area contributed by atoms with Crippen LogP contribution in [0.15, 0.2) is 10.5 Å². The number of carboxylic acid groups (broad SMARTS) is 1. The fraction of sp³-hybridized carbons (Fsp3) is 0.562. The molecule has 0 aliphatic rings. The average Bonchev–Trinajstić information content (AvgIpc) is 2.39. The molecule has 0 radical (unpaired) electrons. The third-order valence-corrected chi connectivity index (χ3v) is 4.71. The summed E-state index contributed by atoms with van der Waals surface area (Å²) in [5.41, 5.74) is 1.09. The molecular weight excluding hydrogens is 368 g/mol. The molecule has 4 nitrogen and oxygen atoms in total. The Morgan fingerprint density at radius 2 is 2.18 bits per heavy atom. The number of rotatable bonds is 6. The summed E-state index contributed by atoms with van der Waals surface area (Å²) in [6, 6.07) is 3.66. The minimum absolute atomic E-state index is 0.0502. The molecule has 1 heterocycles. The van der Waals surface area contributed by atoms with Gasteiger partial charge in [0, 0.05) is 10.9 Å². The molecule has 0 aromatic carbocycles. The van der Waals surface area contributed by atoms with E-state index in [2.05, 4.69) is 41.7 Å². The first-order valence-corrected chi connectivity index (χ1v) is 8.29. The van der Waals surface area contributed by atoms with Gasteiger partial charge in [-0.25, -0.2) is 4.98 Å². The van der Waals surface area contributed by atoms with Crippen LogP contribution in [0, 0.1) is 22.7 Å². The molecule has 1 rings (SSSR count). The second-order valence-electron chi connectivity index (χ2n) is 6.42. The van der Waals surface area contributed by atoms with E-state index in [9.17, 15) is 4.79 Å². The molecule has 0 bridgehead atoms. The highest BCUT2D eigenvalue weighted by Crippen LogP contribution is 2.33. The van der Waals surface area contributed by atoms with Crippen LogP contribution >= 0.6 is 27.5 Å². The van der Waals surface area contributed by atoms with E-state index in [1.165, 1.54) is 0 Å². The highest BCUT2D eigenvalue weighted by atomic mass is 79.9. The summed E-state index contributed by atoms with van der Waals surface area (Å²) < 4.78 is 0.763. The normalized spacial score (nSPS) is 12.7. The Morgan fingerprint density at radius 3 is 2.68 bits per heavy atom. The van der Waals surface area contributed by atoms with Gasteiger partial charge in [-0.1, -0.05) is 32.4 Å². The second-order valence-corrected chi connectivity index (χ2v) is 7.63. The lowest BCUT2D eigenvalue weighted by molar-refractivity contribution is -0.139. The SMILES string of the molecule is CC(C)(C)C(CCCc1nc(Cl)c(C#N)cc1Br)CC(=O)O. The van der Waals surface area contributed by atoms with Gasteiger partial charge in [0.2, 0.25) is 0 Å². The van der Waals surface area contributed by atoms with E-state index in [1.807, 2.05) is 6.07 Å². The first kappa shape index (κ1) is 18.9. The van der Waals surface area contributed by atoms with Crippen molar-refractivity contribution >= 4 is 33.5 Å². The van der Waals surface area contributed by atoms with Crippen molar-refractivity contribution in [3.63, 3.8) is 0 Å². The van der Waals surface area contributed by atoms with E-state index in [0.29, 0.717) is 12.0 Å². The lowest BCUT2D eigenvalue weighted by atomic mass is 9.76. The minimum Gasteiger partial charge on any atom is -0.481 e. The van der Waals surface area contributed by atoms with E-state index in [-0.39, 0.29) is 22.9 Å². The number of aromatic nitrogens is 1. The standard InChI is InChI=1S/C16H20BrClN2O2/c1-16(2,3)11(8-14(21)22)5-4-6-13-12(17)7-10(9-19)15(18)20-13/h7,11H,4-6,8H2,1-3H3,(H,21,22). The predicted molar refractivity (Wildman–Crippen MR) is 89.8 cm³/mol. The molecule has 1 aromatic heterocycles. The van der Waals surface area contributed by atoms with E-state index < -0.39 is 5.97 Å². The number of hydrogen-bond donors (Lipinski definition) is 1. The van der Waals surface area contributed by atoms with Crippen LogP contribution < -0.4 is 0 Å². The van der Waals surface area contributed by atoms with E-state index in [1.54, 1.807) is 6.07 Å². The molecule has 0 aliphatic heterocycles. The Bertz CT molecular complexity index is 591. The summed E-state index contributed by atoms with van der Waals surface area (Å²) in [6.07, 6.45) is 2.50. The number of nitrogens with zero attached hydrogens (tertiary/aromatic N) is 2. The van der Waals surface area contributed by atoms with Crippen molar-refractivity contribution in [3.8, 4) is 6.07 Å². The van der Waals surface area contributed by atoms with Gasteiger partial charge in [0.15, 0.2) is 0 Å². The third-order valence-electron chi connectivity index (χ3n) is 3.73. The Kier molecular flexibility index (Phi) is 6.83. The van der Waals surface area contributed by atoms with Crippen LogP contribution in [-0.4, -0.2) is 16.1 Å². The fourth-order valence-corrected chi connectivity index (χ4v) is 3.04. The maximum Gasteiger partial charge on any atom is 0.303 e. The molecule has 1 unspecified atom stereocenters. The summed E-state index contributed by atoms with van der Waals surface area (Å²) in [7, 11) is 0. The van der Waals surface area contributed by atoms with Crippen molar-refractivity contribution in [1.82, 2.24) is 4.98 Å². The van der Waals surface area contributed by atoms with Gasteiger partial charge in [0.25, 0.3) is 0 Å². The zero-order valence-corrected chi connectivity index (χ0v) is 15.3. The average molecular weight is 388 g/mol. The van der Waals surface area contributed by atoms with Crippen molar-refractivity contribution < 1.29 is 9.90 Å². The van der Waals surface area contributed by atoms with Crippen LogP contribution in [0.3, 0.4) is 0 Å². The maximum absolute atomic E-state index is 11.0. The lowest BCUT2D eigenvalue weighted by Gasteiger charge is -2.29. The predicted octanol–water partition coefficient (Wildman–Crippen LogP) is 4.83. The van der Waals surface area contributed by atoms with Gasteiger partial charge in [-0.15, -0.1) is 0 Å². The number of hydrogen-bond acceptors (Lipinski definition) is 3. The number of carbonyl (C=O) groups is 1. The summed E-state index contributed by atoms with van der Waals surface area (Å²) in [5, 5.41) is 18.1. The van der Waals surface area contributed by atoms with Gasteiger partial charge in [0.05, 0.1) is 11.3 Å². The van der Waals surface area contributed by atoms with E-state index in [4.69, 9.17) is 22.0 Å². The number of aliphatic carboxylic acids is 1. The monoisotopic (exact) mass is 386 g/mol. The number of pyridine rings is 1. The van der Waals surface area contributed by atoms with Crippen molar-refractivity contribution in [2.24, 2.45) is 11.3 Å². The molecule has 1 aromatic rings. The Balaban J connectivity index is 2.72. The highest BCUT2D eigenvalue weighted by Gasteiger charge is 2.26. The zero-order valence-electron chi connectivity index (χ0n) is 13.0. The molecule has 0 aliphatic carbocycles. The van der Waals surface area contributed by atoms with Crippen LogP contribution in [0.25, 0.3) is 0 Å². The van der Waals surface area contributed by atoms with Crippen LogP contribution in [0.5, 0.6) is 0 Å². The van der Waals surface area contributed by atoms with E-state index in [0.717, 1.165) is 23.0 Å². The van der Waals surface area contributed by atoms with Crippen molar-refractivity contribution in [2.45, 2.75) is 46.5 Å². The van der Waals surface area contributed by atoms with Crippen LogP contribution in [0.2, 0.25) is 5.15 Å². The van der Waals surface area contributed by atoms with Crippen molar-refractivity contribution in [3.05, 3.63) is 26.9 Å². The van der Waals surface area contributed by atoms with Crippen LogP contribution in [-0.2, 0) is 11.2 Å². The van der Waals surface area contributed by atoms with Gasteiger partial charge >= 0.3 is 5.97 Å². The fourth-order valence-electron chi connectivity index (χ4n) is 2.32. The largest absolute Gasteiger partial charge is 0.481 e. The van der Waals surface area contributed by atoms with Crippen LogP contribution in [0.4, 0.5) is 0 Å². The molecule has 1 atom stereocenters. The van der Waals surface area contributed by atoms with Crippen LogP contribution in [0.1, 0.15) is 51.3 Å². The molecule has 0 fully saturated rings. The number of aryl methyl sites for hydroxylation is 1. The molecule has 0 spiro atoms. The third kappa shape index (κ3) is 5.58. The summed E-state index contributed by atoms with van der Waals surface area (Å²) in [5.74, 6) is -0.654. The molecule has 1 N–H and O–H groups in total. The minimum atomic E-state index is -0.763. The smallest absolute Gasteiger partial charge is 0.303 e. The number of nitriles is 1. The maximum atomic E-state index is 11.0. The molecule has 0 amide bonds. The summed E-state index contributed by atoms with van der Waals surface area (Å²) in [6.45, 7) is 6.19. The van der Waals surface area contributed by atoms with Gasteiger partial charge in [0.1, 0.15) is 11.2 Å². The Hall–Kier alpha value is -1.12. The van der Waals surface area contributed by atoms with Crippen molar-refractivity contribution in [2.75, 3.05) is 0 Å². The number of halogens is 2. The first-order valence-electron chi connectivity index (χ1n) is 7.12. The summed E-state index contributed by atoms with van der Waals surface area (Å²) in [4.78, 5) is 15.2. The van der Waals surface area contributed by atoms with Crippen molar-refractivity contribution in [1.29, 1.82) is 5.26 Å². The lowest BCUT2D eigenvalue weighted by Crippen LogP contribution is -2.23. The quantitative estimate of drug-likeness (QED) is 0.709. The molecule has 0 saturated carbocycles. The molecule has 6 heteroatoms. The molecular formula is C16H20BrClN2O2. The van der Waals surface area contributed by atoms with Gasteiger partial charge in [-0.3, -0.25) is 4.79 Å². The first-order chi connectivity index (χ1) is 10.1. The van der Waals surface area contributed by atoms with Gasteiger partial charge < -0.3 is 5.11 Å². The van der Waals surface area contributed by atoms with E-state index >= 15 is 0 Å². The topological polar surface area (TPSA) is 74.0 Å². The summed E-state index contributed by atoms with van der Waals surface area (Å²) >= 11 is 9.35. The van der Waals surface area contributed by atoms with Gasteiger partial charge in [-0.05, 0) is 52.6 Å². The second kappa shape index (κ2) is 7.94. The molecule has 22 heavy (non-hydrogen) atoms. The molecule has 120 valence electrons. The number of carboxylic acids is 1. The zero-order chi connectivity index (χ0) is 16.9. The Labute approximate surface area is 144 Å².